The highest BCUT2D eigenvalue weighted by Crippen LogP contribution is 2.35. The molecule has 2 aliphatic rings. The zero-order valence-electron chi connectivity index (χ0n) is 31.8. The van der Waals surface area contributed by atoms with Gasteiger partial charge in [-0.2, -0.15) is 0 Å². The number of nitrogens with zero attached hydrogens (tertiary/aromatic N) is 2. The molecular weight excluding hydrogens is 684 g/mol. The molecule has 2 N–H and O–H groups in total. The third-order valence-corrected chi connectivity index (χ3v) is 11.0. The Kier molecular flexibility index (Phi) is 12.8. The van der Waals surface area contributed by atoms with Crippen LogP contribution in [0.4, 0.5) is 0 Å². The van der Waals surface area contributed by atoms with E-state index < -0.39 is 24.0 Å². The summed E-state index contributed by atoms with van der Waals surface area (Å²) >= 11 is 0. The molecule has 10 nitrogen and oxygen atoms in total. The van der Waals surface area contributed by atoms with Crippen molar-refractivity contribution in [3.63, 3.8) is 0 Å². The van der Waals surface area contributed by atoms with Crippen LogP contribution in [0, 0.1) is 13.8 Å². The van der Waals surface area contributed by atoms with Gasteiger partial charge in [0.25, 0.3) is 0 Å². The van der Waals surface area contributed by atoms with E-state index >= 15 is 0 Å². The first-order chi connectivity index (χ1) is 26.2. The Morgan fingerprint density at radius 1 is 0.611 bits per heavy atom. The minimum absolute atomic E-state index is 0.356. The maximum atomic E-state index is 11.8. The molecule has 286 valence electrons. The van der Waals surface area contributed by atoms with Crippen molar-refractivity contribution < 1.29 is 38.7 Å². The Hall–Kier alpha value is -5.06. The molecule has 2 heterocycles. The third kappa shape index (κ3) is 9.00. The Morgan fingerprint density at radius 3 is 1.43 bits per heavy atom. The van der Waals surface area contributed by atoms with Gasteiger partial charge in [-0.3, -0.25) is 19.4 Å². The van der Waals surface area contributed by atoms with E-state index in [2.05, 4.69) is 50.2 Å². The number of hydrogen-bond donors (Lipinski definition) is 2. The summed E-state index contributed by atoms with van der Waals surface area (Å²) in [4.78, 5) is 27.7. The van der Waals surface area contributed by atoms with E-state index in [1.807, 2.05) is 46.2 Å². The fourth-order valence-corrected chi connectivity index (χ4v) is 7.82. The molecule has 4 aromatic carbocycles. The van der Waals surface area contributed by atoms with Crippen LogP contribution in [0.15, 0.2) is 72.8 Å². The highest BCUT2D eigenvalue weighted by molar-refractivity contribution is 5.74. The topological polar surface area (TPSA) is 118 Å². The average molecular weight is 737 g/mol. The smallest absolute Gasteiger partial charge is 0.320 e. The lowest BCUT2D eigenvalue weighted by molar-refractivity contribution is -0.145. The number of rotatable bonds is 15. The standard InChI is InChI=1S/C44H52N2O8/c1-29-33(27-53-39-19-17-31(23-41(39)51-3)25-45-21-7-5-15-37(45)43(47)48)11-9-13-35(29)36-14-10-12-34(30(36)2)28-54-40-20-18-32(24-42(40)52-4)26-46-22-8-6-16-38(46)44(49)50/h9-14,17-20,23-24,37-38H,5-8,15-16,21-22,25-28H2,1-4H3,(H,47,48)(H,49,50)/t37-,38-/m0/s1. The van der Waals surface area contributed by atoms with Crippen molar-refractivity contribution in [1.82, 2.24) is 9.80 Å². The Labute approximate surface area is 318 Å². The maximum absolute atomic E-state index is 11.8. The molecule has 0 bridgehead atoms. The Morgan fingerprint density at radius 2 is 1.04 bits per heavy atom. The molecule has 0 aliphatic carbocycles. The van der Waals surface area contributed by atoms with E-state index in [0.717, 1.165) is 83.3 Å². The lowest BCUT2D eigenvalue weighted by atomic mass is 9.92. The molecule has 0 saturated carbocycles. The van der Waals surface area contributed by atoms with Gasteiger partial charge in [-0.25, -0.2) is 0 Å². The first-order valence-corrected chi connectivity index (χ1v) is 18.9. The summed E-state index contributed by atoms with van der Waals surface area (Å²) in [6, 6.07) is 23.3. The van der Waals surface area contributed by atoms with Crippen molar-refractivity contribution in [1.29, 1.82) is 0 Å². The molecule has 0 amide bonds. The first-order valence-electron chi connectivity index (χ1n) is 18.9. The van der Waals surface area contributed by atoms with Gasteiger partial charge in [0.15, 0.2) is 23.0 Å². The monoisotopic (exact) mass is 736 g/mol. The lowest BCUT2D eigenvalue weighted by Gasteiger charge is -2.32. The Balaban J connectivity index is 1.12. The molecule has 6 rings (SSSR count). The van der Waals surface area contributed by atoms with Crippen molar-refractivity contribution in [2.45, 2.75) is 90.8 Å². The lowest BCUT2D eigenvalue weighted by Crippen LogP contribution is -2.43. The number of carboxylic acid groups (broad SMARTS) is 2. The molecule has 2 fully saturated rings. The van der Waals surface area contributed by atoms with Crippen LogP contribution in [-0.2, 0) is 35.9 Å². The summed E-state index contributed by atoms with van der Waals surface area (Å²) in [5, 5.41) is 19.4. The fraction of sp³-hybridized carbons (Fsp3) is 0.409. The Bertz CT molecular complexity index is 1810. The molecule has 2 atom stereocenters. The van der Waals surface area contributed by atoms with Crippen molar-refractivity contribution in [2.24, 2.45) is 0 Å². The number of likely N-dealkylation sites (tertiary alicyclic amines) is 2. The van der Waals surface area contributed by atoms with Crippen LogP contribution in [0.1, 0.15) is 71.9 Å². The SMILES string of the molecule is COc1cc(CN2CCCC[C@H]2C(=O)O)ccc1OCc1cccc(-c2cccc(COc3ccc(CN4CCCC[C@H]4C(=O)O)cc3OC)c2C)c1C. The number of aliphatic carboxylic acids is 2. The van der Waals surface area contributed by atoms with Gasteiger partial charge < -0.3 is 29.2 Å². The van der Waals surface area contributed by atoms with E-state index in [4.69, 9.17) is 18.9 Å². The van der Waals surface area contributed by atoms with Gasteiger partial charge >= 0.3 is 11.9 Å². The molecule has 2 saturated heterocycles. The number of benzene rings is 4. The maximum Gasteiger partial charge on any atom is 0.320 e. The third-order valence-electron chi connectivity index (χ3n) is 11.0. The van der Waals surface area contributed by atoms with Crippen LogP contribution in [0.3, 0.4) is 0 Å². The zero-order valence-corrected chi connectivity index (χ0v) is 31.8. The predicted molar refractivity (Wildman–Crippen MR) is 207 cm³/mol. The van der Waals surface area contributed by atoms with Crippen molar-refractivity contribution >= 4 is 11.9 Å². The molecule has 10 heteroatoms. The van der Waals surface area contributed by atoms with Gasteiger partial charge in [-0.1, -0.05) is 61.4 Å². The highest BCUT2D eigenvalue weighted by atomic mass is 16.5. The number of ether oxygens (including phenoxy) is 4. The second-order valence-electron chi connectivity index (χ2n) is 14.4. The van der Waals surface area contributed by atoms with E-state index in [9.17, 15) is 19.8 Å². The minimum atomic E-state index is -0.764. The van der Waals surface area contributed by atoms with Gasteiger partial charge in [0.2, 0.25) is 0 Å². The normalized spacial score (nSPS) is 17.9. The summed E-state index contributed by atoms with van der Waals surface area (Å²) in [5.41, 5.74) is 8.57. The molecule has 2 aliphatic heterocycles. The molecule has 0 aromatic heterocycles. The quantitative estimate of drug-likeness (QED) is 0.124. The summed E-state index contributed by atoms with van der Waals surface area (Å²) < 4.78 is 24.1. The number of piperidine rings is 2. The van der Waals surface area contributed by atoms with E-state index in [1.54, 1.807) is 14.2 Å². The largest absolute Gasteiger partial charge is 0.493 e. The zero-order chi connectivity index (χ0) is 38.2. The van der Waals surface area contributed by atoms with Gasteiger partial charge in [0.1, 0.15) is 25.3 Å². The van der Waals surface area contributed by atoms with Gasteiger partial charge in [0.05, 0.1) is 14.2 Å². The second-order valence-corrected chi connectivity index (χ2v) is 14.4. The van der Waals surface area contributed by atoms with Crippen molar-refractivity contribution in [3.8, 4) is 34.1 Å². The minimum Gasteiger partial charge on any atom is -0.493 e. The van der Waals surface area contributed by atoms with Crippen LogP contribution in [0.5, 0.6) is 23.0 Å². The second kappa shape index (κ2) is 17.8. The van der Waals surface area contributed by atoms with Gasteiger partial charge in [0, 0.05) is 13.1 Å². The summed E-state index contributed by atoms with van der Waals surface area (Å²) in [7, 11) is 3.25. The average Bonchev–Trinajstić information content (AvgIpc) is 3.18. The molecule has 54 heavy (non-hydrogen) atoms. The van der Waals surface area contributed by atoms with Crippen LogP contribution in [0.25, 0.3) is 11.1 Å². The number of carbonyl (C=O) groups is 2. The summed E-state index contributed by atoms with van der Waals surface area (Å²) in [6.07, 6.45) is 5.23. The molecule has 0 radical (unpaired) electrons. The van der Waals surface area contributed by atoms with Gasteiger partial charge in [-0.15, -0.1) is 0 Å². The fourth-order valence-electron chi connectivity index (χ4n) is 7.82. The summed E-state index contributed by atoms with van der Waals surface area (Å²) in [6.45, 7) is 7.57. The van der Waals surface area contributed by atoms with E-state index in [-0.39, 0.29) is 0 Å². The van der Waals surface area contributed by atoms with Crippen LogP contribution in [0.2, 0.25) is 0 Å². The first kappa shape index (κ1) is 38.7. The predicted octanol–water partition coefficient (Wildman–Crippen LogP) is 8.02. The molecule has 4 aromatic rings. The number of hydrogen-bond acceptors (Lipinski definition) is 8. The van der Waals surface area contributed by atoms with Gasteiger partial charge in [-0.05, 0) is 121 Å². The van der Waals surface area contributed by atoms with Crippen LogP contribution in [-0.4, -0.2) is 71.3 Å². The van der Waals surface area contributed by atoms with E-state index in [0.29, 0.717) is 62.1 Å². The number of carboxylic acids is 2. The molecular formula is C44H52N2O8. The molecule has 0 unspecified atom stereocenters. The molecule has 0 spiro atoms. The number of methoxy groups -OCH3 is 2. The highest BCUT2D eigenvalue weighted by Gasteiger charge is 2.29. The van der Waals surface area contributed by atoms with Crippen LogP contribution < -0.4 is 18.9 Å². The van der Waals surface area contributed by atoms with Crippen molar-refractivity contribution in [2.75, 3.05) is 27.3 Å². The van der Waals surface area contributed by atoms with Crippen molar-refractivity contribution in [3.05, 3.63) is 106 Å². The summed E-state index contributed by atoms with van der Waals surface area (Å²) in [5.74, 6) is 0.978. The van der Waals surface area contributed by atoms with E-state index in [1.165, 1.54) is 0 Å². The van der Waals surface area contributed by atoms with Crippen LogP contribution >= 0.6 is 0 Å².